The zero-order chi connectivity index (χ0) is 15.9. The van der Waals surface area contributed by atoms with E-state index in [-0.39, 0.29) is 12.1 Å². The first kappa shape index (κ1) is 15.5. The molecule has 0 aromatic heterocycles. The fourth-order valence-electron chi connectivity index (χ4n) is 2.61. The standard InChI is InChI=1S/C17H16BrNO2S/c1-3-16-17(13-6-8-14(18)9-7-13)19(16)22(20,21)15-10-4-12(2)5-11-15/h3-11,16-17H,1H2,2H3/t16-,17-,19?/m1/s1. The second kappa shape index (κ2) is 5.65. The number of nitrogens with zero attached hydrogens (tertiary/aromatic N) is 1. The molecule has 3 rings (SSSR count). The van der Waals surface area contributed by atoms with Gasteiger partial charge in [-0.25, -0.2) is 8.42 Å². The number of aryl methyl sites for hydroxylation is 1. The highest BCUT2D eigenvalue weighted by atomic mass is 79.9. The Kier molecular flexibility index (Phi) is 3.97. The monoisotopic (exact) mass is 377 g/mol. The lowest BCUT2D eigenvalue weighted by Gasteiger charge is -2.07. The average Bonchev–Trinajstić information content (AvgIpc) is 3.24. The van der Waals surface area contributed by atoms with E-state index in [2.05, 4.69) is 22.5 Å². The van der Waals surface area contributed by atoms with Crippen LogP contribution in [0.15, 0.2) is 70.6 Å². The lowest BCUT2D eigenvalue weighted by Crippen LogP contribution is -2.14. The summed E-state index contributed by atoms with van der Waals surface area (Å²) in [5.74, 6) is 0. The summed E-state index contributed by atoms with van der Waals surface area (Å²) >= 11 is 3.39. The van der Waals surface area contributed by atoms with Crippen LogP contribution in [0, 0.1) is 6.92 Å². The predicted octanol–water partition coefficient (Wildman–Crippen LogP) is 4.06. The Morgan fingerprint density at radius 3 is 2.23 bits per heavy atom. The van der Waals surface area contributed by atoms with Gasteiger partial charge in [-0.1, -0.05) is 51.8 Å². The highest BCUT2D eigenvalue weighted by Crippen LogP contribution is 2.48. The molecule has 22 heavy (non-hydrogen) atoms. The summed E-state index contributed by atoms with van der Waals surface area (Å²) in [5.41, 5.74) is 2.01. The smallest absolute Gasteiger partial charge is 0.207 e. The molecule has 1 saturated heterocycles. The summed E-state index contributed by atoms with van der Waals surface area (Å²) in [6, 6.07) is 14.3. The van der Waals surface area contributed by atoms with Crippen molar-refractivity contribution < 1.29 is 8.42 Å². The van der Waals surface area contributed by atoms with E-state index in [1.165, 1.54) is 4.31 Å². The van der Waals surface area contributed by atoms with E-state index in [0.717, 1.165) is 15.6 Å². The van der Waals surface area contributed by atoms with E-state index < -0.39 is 10.0 Å². The normalized spacial score (nSPS) is 24.0. The second-order valence-electron chi connectivity index (χ2n) is 5.37. The zero-order valence-electron chi connectivity index (χ0n) is 12.1. The quantitative estimate of drug-likeness (QED) is 0.595. The van der Waals surface area contributed by atoms with Crippen molar-refractivity contribution in [1.29, 1.82) is 0 Å². The van der Waals surface area contributed by atoms with Gasteiger partial charge >= 0.3 is 0 Å². The first-order chi connectivity index (χ1) is 10.4. The average molecular weight is 378 g/mol. The molecule has 0 aliphatic carbocycles. The maximum absolute atomic E-state index is 12.8. The third kappa shape index (κ3) is 2.64. The number of sulfonamides is 1. The second-order valence-corrected chi connectivity index (χ2v) is 8.13. The third-order valence-corrected chi connectivity index (χ3v) is 6.27. The Labute approximate surface area is 139 Å². The summed E-state index contributed by atoms with van der Waals surface area (Å²) in [6.45, 7) is 5.71. The first-order valence-electron chi connectivity index (χ1n) is 6.93. The number of hydrogen-bond donors (Lipinski definition) is 0. The van der Waals surface area contributed by atoms with E-state index in [1.807, 2.05) is 43.3 Å². The third-order valence-electron chi connectivity index (χ3n) is 3.85. The Morgan fingerprint density at radius 1 is 1.09 bits per heavy atom. The van der Waals surface area contributed by atoms with Gasteiger partial charge in [-0.15, -0.1) is 6.58 Å². The Hall–Kier alpha value is -1.43. The Bertz CT molecular complexity index is 798. The fraction of sp³-hybridized carbons (Fsp3) is 0.176. The van der Waals surface area contributed by atoms with Gasteiger partial charge in [0.2, 0.25) is 10.0 Å². The summed E-state index contributed by atoms with van der Waals surface area (Å²) in [4.78, 5) is 0.324. The molecule has 3 nitrogen and oxygen atoms in total. The first-order valence-corrected chi connectivity index (χ1v) is 9.16. The lowest BCUT2D eigenvalue weighted by molar-refractivity contribution is 0.550. The van der Waals surface area contributed by atoms with Gasteiger partial charge in [-0.2, -0.15) is 4.31 Å². The van der Waals surface area contributed by atoms with Crippen LogP contribution < -0.4 is 0 Å². The molecule has 1 aliphatic heterocycles. The topological polar surface area (TPSA) is 37.1 Å². The van der Waals surface area contributed by atoms with Gasteiger partial charge in [0.05, 0.1) is 17.0 Å². The molecule has 5 heteroatoms. The molecule has 2 aromatic rings. The summed E-state index contributed by atoms with van der Waals surface area (Å²) in [5, 5.41) is 0. The van der Waals surface area contributed by atoms with Crippen LogP contribution >= 0.6 is 15.9 Å². The number of halogens is 1. The van der Waals surface area contributed by atoms with Crippen LogP contribution in [0.1, 0.15) is 17.2 Å². The molecule has 1 fully saturated rings. The van der Waals surface area contributed by atoms with Crippen molar-refractivity contribution in [3.05, 3.63) is 76.8 Å². The number of hydrogen-bond acceptors (Lipinski definition) is 2. The molecule has 114 valence electrons. The van der Waals surface area contributed by atoms with Crippen LogP contribution in [-0.4, -0.2) is 18.8 Å². The minimum Gasteiger partial charge on any atom is -0.207 e. The molecular weight excluding hydrogens is 362 g/mol. The van der Waals surface area contributed by atoms with Crippen molar-refractivity contribution >= 4 is 26.0 Å². The summed E-state index contributed by atoms with van der Waals surface area (Å²) in [6.07, 6.45) is 1.69. The van der Waals surface area contributed by atoms with Crippen molar-refractivity contribution in [1.82, 2.24) is 4.31 Å². The zero-order valence-corrected chi connectivity index (χ0v) is 14.5. The van der Waals surface area contributed by atoms with Crippen LogP contribution in [0.5, 0.6) is 0 Å². The van der Waals surface area contributed by atoms with E-state index in [9.17, 15) is 8.42 Å². The molecule has 0 radical (unpaired) electrons. The minimum atomic E-state index is -3.50. The van der Waals surface area contributed by atoms with Gasteiger partial charge in [0, 0.05) is 4.47 Å². The molecule has 0 bridgehead atoms. The van der Waals surface area contributed by atoms with Crippen LogP contribution in [-0.2, 0) is 10.0 Å². The molecule has 1 heterocycles. The van der Waals surface area contributed by atoms with E-state index in [4.69, 9.17) is 0 Å². The lowest BCUT2D eigenvalue weighted by atomic mass is 10.1. The highest BCUT2D eigenvalue weighted by Gasteiger charge is 2.54. The van der Waals surface area contributed by atoms with E-state index >= 15 is 0 Å². The SMILES string of the molecule is C=C[C@@H]1[C@@H](c2ccc(Br)cc2)N1S(=O)(=O)c1ccc(C)cc1. The molecule has 1 aliphatic rings. The summed E-state index contributed by atoms with van der Waals surface area (Å²) in [7, 11) is -3.50. The van der Waals surface area contributed by atoms with E-state index in [1.54, 1.807) is 18.2 Å². The molecule has 0 spiro atoms. The predicted molar refractivity (Wildman–Crippen MR) is 91.1 cm³/mol. The molecule has 0 saturated carbocycles. The van der Waals surface area contributed by atoms with Crippen LogP contribution in [0.25, 0.3) is 0 Å². The fourth-order valence-corrected chi connectivity index (χ4v) is 4.61. The van der Waals surface area contributed by atoms with Gasteiger partial charge in [-0.05, 0) is 36.8 Å². The van der Waals surface area contributed by atoms with Crippen molar-refractivity contribution in [2.45, 2.75) is 23.9 Å². The van der Waals surface area contributed by atoms with E-state index in [0.29, 0.717) is 4.90 Å². The van der Waals surface area contributed by atoms with Crippen molar-refractivity contribution in [3.63, 3.8) is 0 Å². The maximum Gasteiger partial charge on any atom is 0.244 e. The van der Waals surface area contributed by atoms with Gasteiger partial charge < -0.3 is 0 Å². The van der Waals surface area contributed by atoms with Crippen LogP contribution in [0.2, 0.25) is 0 Å². The largest absolute Gasteiger partial charge is 0.244 e. The van der Waals surface area contributed by atoms with Crippen molar-refractivity contribution in [3.8, 4) is 0 Å². The Balaban J connectivity index is 1.95. The molecule has 2 aromatic carbocycles. The molecule has 0 N–H and O–H groups in total. The maximum atomic E-state index is 12.8. The van der Waals surface area contributed by atoms with Gasteiger partial charge in [0.25, 0.3) is 0 Å². The van der Waals surface area contributed by atoms with Crippen LogP contribution in [0.4, 0.5) is 0 Å². The highest BCUT2D eigenvalue weighted by molar-refractivity contribution is 9.10. The van der Waals surface area contributed by atoms with Crippen LogP contribution in [0.3, 0.4) is 0 Å². The Morgan fingerprint density at radius 2 is 1.68 bits per heavy atom. The molecule has 3 atom stereocenters. The van der Waals surface area contributed by atoms with Gasteiger partial charge in [-0.3, -0.25) is 0 Å². The number of benzene rings is 2. The van der Waals surface area contributed by atoms with Crippen molar-refractivity contribution in [2.24, 2.45) is 0 Å². The number of rotatable bonds is 4. The van der Waals surface area contributed by atoms with Gasteiger partial charge in [0.15, 0.2) is 0 Å². The summed E-state index contributed by atoms with van der Waals surface area (Å²) < 4.78 is 28.1. The molecule has 1 unspecified atom stereocenters. The van der Waals surface area contributed by atoms with Gasteiger partial charge in [0.1, 0.15) is 0 Å². The molecular formula is C17H16BrNO2S. The van der Waals surface area contributed by atoms with Crippen molar-refractivity contribution in [2.75, 3.05) is 0 Å². The minimum absolute atomic E-state index is 0.170. The molecule has 0 amide bonds.